The van der Waals surface area contributed by atoms with E-state index in [1.165, 1.54) is 12.1 Å². The predicted octanol–water partition coefficient (Wildman–Crippen LogP) is 1.19. The summed E-state index contributed by atoms with van der Waals surface area (Å²) < 4.78 is 0. The topological polar surface area (TPSA) is 66.5 Å². The molecule has 0 saturated heterocycles. The highest BCUT2D eigenvalue weighted by molar-refractivity contribution is 5.85. The van der Waals surface area contributed by atoms with Gasteiger partial charge in [-0.1, -0.05) is 12.1 Å². The Morgan fingerprint density at radius 2 is 1.69 bits per heavy atom. The summed E-state index contributed by atoms with van der Waals surface area (Å²) in [5.74, 6) is 0.190. The van der Waals surface area contributed by atoms with Crippen LogP contribution in [0.4, 0.5) is 0 Å². The lowest BCUT2D eigenvalue weighted by Crippen LogP contribution is -2.24. The Labute approximate surface area is 83.6 Å². The van der Waals surface area contributed by atoms with Crippen molar-refractivity contribution in [2.45, 2.75) is 19.1 Å². The minimum absolute atomic E-state index is 0. The van der Waals surface area contributed by atoms with Crippen LogP contribution in [0.15, 0.2) is 24.3 Å². The summed E-state index contributed by atoms with van der Waals surface area (Å²) in [4.78, 5) is 0. The fourth-order valence-corrected chi connectivity index (χ4v) is 0.975. The van der Waals surface area contributed by atoms with E-state index in [9.17, 15) is 5.11 Å². The Kier molecular flexibility index (Phi) is 4.77. The zero-order valence-electron chi connectivity index (χ0n) is 7.34. The quantitative estimate of drug-likeness (QED) is 0.677. The maximum Gasteiger partial charge on any atom is 0.115 e. The fraction of sp³-hybridized carbons (Fsp3) is 0.333. The largest absolute Gasteiger partial charge is 0.508 e. The van der Waals surface area contributed by atoms with E-state index >= 15 is 0 Å². The highest BCUT2D eigenvalue weighted by Gasteiger charge is 2.11. The molecule has 74 valence electrons. The number of aliphatic hydroxyl groups is 1. The summed E-state index contributed by atoms with van der Waals surface area (Å²) in [5, 5.41) is 18.4. The van der Waals surface area contributed by atoms with Crippen molar-refractivity contribution in [2.24, 2.45) is 5.73 Å². The summed E-state index contributed by atoms with van der Waals surface area (Å²) in [6.07, 6.45) is -0.661. The van der Waals surface area contributed by atoms with Gasteiger partial charge in [0.25, 0.3) is 0 Å². The summed E-state index contributed by atoms with van der Waals surface area (Å²) >= 11 is 0. The van der Waals surface area contributed by atoms with Crippen molar-refractivity contribution < 1.29 is 10.2 Å². The van der Waals surface area contributed by atoms with Crippen molar-refractivity contribution in [1.82, 2.24) is 0 Å². The van der Waals surface area contributed by atoms with Crippen LogP contribution in [0, 0.1) is 0 Å². The molecular formula is C9H14ClNO2. The highest BCUT2D eigenvalue weighted by Crippen LogP contribution is 2.18. The van der Waals surface area contributed by atoms with Gasteiger partial charge in [0.2, 0.25) is 0 Å². The van der Waals surface area contributed by atoms with E-state index in [2.05, 4.69) is 0 Å². The molecule has 2 atom stereocenters. The molecule has 4 N–H and O–H groups in total. The molecule has 13 heavy (non-hydrogen) atoms. The molecule has 0 aromatic heterocycles. The minimum atomic E-state index is -0.661. The molecule has 0 unspecified atom stereocenters. The fourth-order valence-electron chi connectivity index (χ4n) is 0.975. The molecule has 4 heteroatoms. The molecule has 3 nitrogen and oxygen atoms in total. The number of rotatable bonds is 2. The van der Waals surface area contributed by atoms with Gasteiger partial charge < -0.3 is 15.9 Å². The molecule has 0 heterocycles. The molecule has 0 amide bonds. The average molecular weight is 204 g/mol. The van der Waals surface area contributed by atoms with Crippen molar-refractivity contribution in [1.29, 1.82) is 0 Å². The smallest absolute Gasteiger partial charge is 0.115 e. The van der Waals surface area contributed by atoms with Crippen LogP contribution in [0.2, 0.25) is 0 Å². The van der Waals surface area contributed by atoms with Gasteiger partial charge in [-0.2, -0.15) is 0 Å². The molecule has 0 aliphatic rings. The Balaban J connectivity index is 0.00000144. The number of halogens is 1. The molecule has 1 aromatic rings. The third-order valence-electron chi connectivity index (χ3n) is 1.73. The SMILES string of the molecule is C[C@@H](N)[C@@H](O)c1ccc(O)cc1.Cl. The lowest BCUT2D eigenvalue weighted by Gasteiger charge is -2.14. The van der Waals surface area contributed by atoms with E-state index in [1.807, 2.05) is 0 Å². The van der Waals surface area contributed by atoms with Crippen LogP contribution < -0.4 is 5.73 Å². The molecule has 0 aliphatic carbocycles. The van der Waals surface area contributed by atoms with Crippen molar-refractivity contribution in [2.75, 3.05) is 0 Å². The molecular weight excluding hydrogens is 190 g/mol. The number of phenols is 1. The second-order valence-electron chi connectivity index (χ2n) is 2.90. The zero-order valence-corrected chi connectivity index (χ0v) is 8.16. The second kappa shape index (κ2) is 5.07. The number of aliphatic hydroxyl groups excluding tert-OH is 1. The molecule has 1 aromatic carbocycles. The lowest BCUT2D eigenvalue weighted by atomic mass is 10.0. The van der Waals surface area contributed by atoms with Gasteiger partial charge in [0.05, 0.1) is 6.10 Å². The van der Waals surface area contributed by atoms with Gasteiger partial charge in [-0.3, -0.25) is 0 Å². The van der Waals surface area contributed by atoms with Crippen LogP contribution in [0.5, 0.6) is 5.75 Å². The molecule has 0 fully saturated rings. The van der Waals surface area contributed by atoms with Crippen LogP contribution >= 0.6 is 12.4 Å². The number of phenolic OH excluding ortho intramolecular Hbond substituents is 1. The number of aromatic hydroxyl groups is 1. The van der Waals surface area contributed by atoms with Gasteiger partial charge in [0.1, 0.15) is 5.75 Å². The van der Waals surface area contributed by atoms with Gasteiger partial charge in [0.15, 0.2) is 0 Å². The van der Waals surface area contributed by atoms with E-state index in [0.29, 0.717) is 0 Å². The van der Waals surface area contributed by atoms with Crippen LogP contribution in [0.1, 0.15) is 18.6 Å². The standard InChI is InChI=1S/C9H13NO2.ClH/c1-6(10)9(12)7-2-4-8(11)5-3-7;/h2-6,9,11-12H,10H2,1H3;1H/t6-,9-;/m1./s1. The van der Waals surface area contributed by atoms with Crippen LogP contribution in [-0.4, -0.2) is 16.3 Å². The maximum absolute atomic E-state index is 9.48. The van der Waals surface area contributed by atoms with E-state index in [0.717, 1.165) is 5.56 Å². The first-order valence-corrected chi connectivity index (χ1v) is 3.84. The first kappa shape index (κ1) is 12.2. The van der Waals surface area contributed by atoms with Gasteiger partial charge in [-0.25, -0.2) is 0 Å². The molecule has 0 radical (unpaired) electrons. The van der Waals surface area contributed by atoms with Crippen molar-refractivity contribution in [3.8, 4) is 5.75 Å². The molecule has 0 spiro atoms. The first-order valence-electron chi connectivity index (χ1n) is 3.84. The summed E-state index contributed by atoms with van der Waals surface area (Å²) in [5.41, 5.74) is 6.22. The Bertz CT molecular complexity index is 248. The van der Waals surface area contributed by atoms with E-state index in [4.69, 9.17) is 10.8 Å². The third kappa shape index (κ3) is 3.22. The molecule has 1 rings (SSSR count). The van der Waals surface area contributed by atoms with Gasteiger partial charge >= 0.3 is 0 Å². The van der Waals surface area contributed by atoms with E-state index in [-0.39, 0.29) is 24.2 Å². The Morgan fingerprint density at radius 1 is 1.23 bits per heavy atom. The average Bonchev–Trinajstić information content (AvgIpc) is 2.04. The third-order valence-corrected chi connectivity index (χ3v) is 1.73. The number of nitrogens with two attached hydrogens (primary N) is 1. The minimum Gasteiger partial charge on any atom is -0.508 e. The van der Waals surface area contributed by atoms with Crippen molar-refractivity contribution in [3.63, 3.8) is 0 Å². The van der Waals surface area contributed by atoms with Crippen molar-refractivity contribution in [3.05, 3.63) is 29.8 Å². The van der Waals surface area contributed by atoms with Crippen molar-refractivity contribution >= 4 is 12.4 Å². The monoisotopic (exact) mass is 203 g/mol. The first-order chi connectivity index (χ1) is 5.61. The summed E-state index contributed by atoms with van der Waals surface area (Å²) in [6.45, 7) is 1.73. The van der Waals surface area contributed by atoms with Crippen LogP contribution in [0.25, 0.3) is 0 Å². The number of hydrogen-bond acceptors (Lipinski definition) is 3. The van der Waals surface area contributed by atoms with Crippen LogP contribution in [0.3, 0.4) is 0 Å². The number of hydrogen-bond donors (Lipinski definition) is 3. The molecule has 0 bridgehead atoms. The Morgan fingerprint density at radius 3 is 2.08 bits per heavy atom. The van der Waals surface area contributed by atoms with Gasteiger partial charge in [-0.05, 0) is 24.6 Å². The van der Waals surface area contributed by atoms with Gasteiger partial charge in [0, 0.05) is 6.04 Å². The molecule has 0 aliphatic heterocycles. The zero-order chi connectivity index (χ0) is 9.14. The highest BCUT2D eigenvalue weighted by atomic mass is 35.5. The van der Waals surface area contributed by atoms with Crippen LogP contribution in [-0.2, 0) is 0 Å². The van der Waals surface area contributed by atoms with E-state index in [1.54, 1.807) is 19.1 Å². The second-order valence-corrected chi connectivity index (χ2v) is 2.90. The summed E-state index contributed by atoms with van der Waals surface area (Å²) in [7, 11) is 0. The Hall–Kier alpha value is -0.770. The van der Waals surface area contributed by atoms with E-state index < -0.39 is 6.10 Å². The lowest BCUT2D eigenvalue weighted by molar-refractivity contribution is 0.153. The maximum atomic E-state index is 9.48. The molecule has 0 saturated carbocycles. The van der Waals surface area contributed by atoms with Gasteiger partial charge in [-0.15, -0.1) is 12.4 Å². The number of benzene rings is 1. The summed E-state index contributed by atoms with van der Waals surface area (Å²) in [6, 6.07) is 6.07. The predicted molar refractivity (Wildman–Crippen MR) is 54.0 cm³/mol. The normalized spacial score (nSPS) is 14.4.